The topological polar surface area (TPSA) is 37.3 Å². The van der Waals surface area contributed by atoms with Crippen LogP contribution in [-0.4, -0.2) is 11.1 Å². The molecule has 0 atom stereocenters. The molecule has 0 fully saturated rings. The Balaban J connectivity index is 3.29. The lowest BCUT2D eigenvalue weighted by Gasteiger charge is -1.95. The number of hydrogen-bond donors (Lipinski definition) is 1. The van der Waals surface area contributed by atoms with Gasteiger partial charge in [-0.05, 0) is 44.9 Å². The number of hydrogen-bond acceptors (Lipinski definition) is 1. The number of carboxylic acid groups (broad SMARTS) is 1. The van der Waals surface area contributed by atoms with Crippen LogP contribution >= 0.6 is 0 Å². The summed E-state index contributed by atoms with van der Waals surface area (Å²) in [6, 6.07) is 0. The van der Waals surface area contributed by atoms with Crippen molar-refractivity contribution in [3.63, 3.8) is 0 Å². The molecule has 0 radical (unpaired) electrons. The SMILES string of the molecule is CCCCCCC/C=C\C/C=C\CC/C=C\CCCC(=O)O. The van der Waals surface area contributed by atoms with E-state index >= 15 is 0 Å². The Morgan fingerprint density at radius 1 is 0.727 bits per heavy atom. The van der Waals surface area contributed by atoms with Gasteiger partial charge in [0.05, 0.1) is 0 Å². The quantitative estimate of drug-likeness (QED) is 0.279. The summed E-state index contributed by atoms with van der Waals surface area (Å²) in [4.78, 5) is 10.3. The van der Waals surface area contributed by atoms with Gasteiger partial charge in [-0.25, -0.2) is 0 Å². The van der Waals surface area contributed by atoms with Gasteiger partial charge in [0, 0.05) is 6.42 Å². The molecule has 0 unspecified atom stereocenters. The molecule has 126 valence electrons. The number of unbranched alkanes of at least 4 members (excludes halogenated alkanes) is 7. The van der Waals surface area contributed by atoms with Crippen molar-refractivity contribution in [3.8, 4) is 0 Å². The maximum Gasteiger partial charge on any atom is 0.303 e. The molecular weight excluding hydrogens is 272 g/mol. The van der Waals surface area contributed by atoms with E-state index in [0.717, 1.165) is 32.1 Å². The molecule has 0 bridgehead atoms. The van der Waals surface area contributed by atoms with Crippen LogP contribution in [0.3, 0.4) is 0 Å². The first-order chi connectivity index (χ1) is 10.8. The summed E-state index contributed by atoms with van der Waals surface area (Å²) >= 11 is 0. The third kappa shape index (κ3) is 18.7. The van der Waals surface area contributed by atoms with Crippen molar-refractivity contribution in [2.75, 3.05) is 0 Å². The molecule has 2 nitrogen and oxygen atoms in total. The Bertz CT molecular complexity index is 327. The van der Waals surface area contributed by atoms with Gasteiger partial charge in [0.15, 0.2) is 0 Å². The van der Waals surface area contributed by atoms with Gasteiger partial charge < -0.3 is 5.11 Å². The van der Waals surface area contributed by atoms with Gasteiger partial charge in [-0.2, -0.15) is 0 Å². The first-order valence-electron chi connectivity index (χ1n) is 8.94. The van der Waals surface area contributed by atoms with Gasteiger partial charge in [-0.1, -0.05) is 69.1 Å². The van der Waals surface area contributed by atoms with Crippen LogP contribution in [0.2, 0.25) is 0 Å². The number of carbonyl (C=O) groups is 1. The molecule has 0 aliphatic carbocycles. The van der Waals surface area contributed by atoms with Crippen LogP contribution in [0, 0.1) is 0 Å². The second-order valence-electron chi connectivity index (χ2n) is 5.72. The number of carboxylic acids is 1. The fraction of sp³-hybridized carbons (Fsp3) is 0.650. The minimum absolute atomic E-state index is 0.273. The van der Waals surface area contributed by atoms with Crippen molar-refractivity contribution in [1.82, 2.24) is 0 Å². The monoisotopic (exact) mass is 306 g/mol. The molecule has 2 heteroatoms. The molecule has 0 aromatic heterocycles. The molecular formula is C20H34O2. The predicted octanol–water partition coefficient (Wildman–Crippen LogP) is 6.44. The van der Waals surface area contributed by atoms with Crippen molar-refractivity contribution >= 4 is 5.97 Å². The standard InChI is InChI=1S/C20H34O2/c1-2-3-4-5-6-7-8-9-10-11-12-13-14-15-16-17-18-19-20(21)22/h8-9,11-12,15-16H,2-7,10,13-14,17-19H2,1H3,(H,21,22)/b9-8-,12-11-,16-15-. The number of aliphatic carboxylic acids is 1. The number of allylic oxidation sites excluding steroid dienone is 6. The molecule has 0 saturated heterocycles. The van der Waals surface area contributed by atoms with Crippen LogP contribution in [0.4, 0.5) is 0 Å². The van der Waals surface area contributed by atoms with E-state index in [2.05, 4.69) is 43.4 Å². The van der Waals surface area contributed by atoms with Crippen molar-refractivity contribution in [3.05, 3.63) is 36.5 Å². The zero-order valence-electron chi connectivity index (χ0n) is 14.3. The third-order valence-electron chi connectivity index (χ3n) is 3.51. The second-order valence-corrected chi connectivity index (χ2v) is 5.72. The van der Waals surface area contributed by atoms with E-state index in [1.165, 1.54) is 38.5 Å². The lowest BCUT2D eigenvalue weighted by molar-refractivity contribution is -0.137. The lowest BCUT2D eigenvalue weighted by Crippen LogP contribution is -1.92. The Labute approximate surface area is 137 Å². The molecule has 0 saturated carbocycles. The van der Waals surface area contributed by atoms with Crippen LogP contribution in [0.25, 0.3) is 0 Å². The minimum Gasteiger partial charge on any atom is -0.481 e. The van der Waals surface area contributed by atoms with E-state index in [1.54, 1.807) is 0 Å². The van der Waals surface area contributed by atoms with E-state index in [1.807, 2.05) is 0 Å². The Morgan fingerprint density at radius 2 is 1.27 bits per heavy atom. The van der Waals surface area contributed by atoms with Gasteiger partial charge in [0.1, 0.15) is 0 Å². The van der Waals surface area contributed by atoms with Crippen LogP contribution in [0.15, 0.2) is 36.5 Å². The van der Waals surface area contributed by atoms with Gasteiger partial charge >= 0.3 is 5.97 Å². The van der Waals surface area contributed by atoms with Gasteiger partial charge in [-0.15, -0.1) is 0 Å². The van der Waals surface area contributed by atoms with Gasteiger partial charge in [0.25, 0.3) is 0 Å². The largest absolute Gasteiger partial charge is 0.481 e. The first-order valence-corrected chi connectivity index (χ1v) is 8.94. The average molecular weight is 306 g/mol. The zero-order chi connectivity index (χ0) is 16.3. The molecule has 0 spiro atoms. The highest BCUT2D eigenvalue weighted by molar-refractivity contribution is 5.66. The summed E-state index contributed by atoms with van der Waals surface area (Å²) in [7, 11) is 0. The summed E-state index contributed by atoms with van der Waals surface area (Å²) in [6.45, 7) is 2.25. The Kier molecular flexibility index (Phi) is 16.7. The lowest BCUT2D eigenvalue weighted by atomic mass is 10.1. The summed E-state index contributed by atoms with van der Waals surface area (Å²) in [5, 5.41) is 8.50. The molecule has 22 heavy (non-hydrogen) atoms. The maximum absolute atomic E-state index is 10.3. The summed E-state index contributed by atoms with van der Waals surface area (Å²) in [5.74, 6) is -0.703. The highest BCUT2D eigenvalue weighted by Crippen LogP contribution is 2.05. The summed E-state index contributed by atoms with van der Waals surface area (Å²) < 4.78 is 0. The van der Waals surface area contributed by atoms with Crippen LogP contribution in [0.1, 0.15) is 84.0 Å². The van der Waals surface area contributed by atoms with Gasteiger partial charge in [-0.3, -0.25) is 4.79 Å². The smallest absolute Gasteiger partial charge is 0.303 e. The van der Waals surface area contributed by atoms with Crippen LogP contribution in [0.5, 0.6) is 0 Å². The molecule has 0 aliphatic heterocycles. The fourth-order valence-corrected chi connectivity index (χ4v) is 2.17. The third-order valence-corrected chi connectivity index (χ3v) is 3.51. The molecule has 0 aromatic rings. The van der Waals surface area contributed by atoms with Crippen LogP contribution < -0.4 is 0 Å². The fourth-order valence-electron chi connectivity index (χ4n) is 2.17. The first kappa shape index (κ1) is 20.7. The summed E-state index contributed by atoms with van der Waals surface area (Å²) in [6.07, 6.45) is 26.3. The molecule has 0 rings (SSSR count). The van der Waals surface area contributed by atoms with E-state index in [0.29, 0.717) is 0 Å². The molecule has 0 aliphatic rings. The highest BCUT2D eigenvalue weighted by Gasteiger charge is 1.92. The van der Waals surface area contributed by atoms with Crippen LogP contribution in [-0.2, 0) is 4.79 Å². The molecule has 0 amide bonds. The van der Waals surface area contributed by atoms with E-state index in [4.69, 9.17) is 5.11 Å². The highest BCUT2D eigenvalue weighted by atomic mass is 16.4. The minimum atomic E-state index is -0.703. The Morgan fingerprint density at radius 3 is 1.95 bits per heavy atom. The van der Waals surface area contributed by atoms with Crippen molar-refractivity contribution in [1.29, 1.82) is 0 Å². The molecule has 1 N–H and O–H groups in total. The second kappa shape index (κ2) is 17.7. The normalized spacial score (nSPS) is 12.0. The van der Waals surface area contributed by atoms with Gasteiger partial charge in [0.2, 0.25) is 0 Å². The van der Waals surface area contributed by atoms with E-state index in [-0.39, 0.29) is 6.42 Å². The maximum atomic E-state index is 10.3. The zero-order valence-corrected chi connectivity index (χ0v) is 14.3. The average Bonchev–Trinajstić information content (AvgIpc) is 2.50. The Hall–Kier alpha value is -1.31. The van der Waals surface area contributed by atoms with E-state index < -0.39 is 5.97 Å². The summed E-state index contributed by atoms with van der Waals surface area (Å²) in [5.41, 5.74) is 0. The van der Waals surface area contributed by atoms with Crippen molar-refractivity contribution in [2.24, 2.45) is 0 Å². The molecule has 0 heterocycles. The molecule has 0 aromatic carbocycles. The number of rotatable bonds is 15. The van der Waals surface area contributed by atoms with E-state index in [9.17, 15) is 4.79 Å². The van der Waals surface area contributed by atoms with Crippen molar-refractivity contribution < 1.29 is 9.90 Å². The van der Waals surface area contributed by atoms with Crippen molar-refractivity contribution in [2.45, 2.75) is 84.0 Å². The predicted molar refractivity (Wildman–Crippen MR) is 96.1 cm³/mol.